The van der Waals surface area contributed by atoms with Crippen molar-refractivity contribution in [3.63, 3.8) is 0 Å². The van der Waals surface area contributed by atoms with Gasteiger partial charge in [-0.2, -0.15) is 18.3 Å². The summed E-state index contributed by atoms with van der Waals surface area (Å²) in [4.78, 5) is 11.6. The number of nitrogens with one attached hydrogen (secondary N) is 2. The maximum atomic E-state index is 12.4. The van der Waals surface area contributed by atoms with Gasteiger partial charge in [-0.3, -0.25) is 4.79 Å². The lowest BCUT2D eigenvalue weighted by Crippen LogP contribution is -2.33. The molecule has 0 fully saturated rings. The number of carbonyl (C=O) groups is 1. The van der Waals surface area contributed by atoms with E-state index in [9.17, 15) is 26.4 Å². The minimum absolute atomic E-state index is 0.0372. The zero-order valence-corrected chi connectivity index (χ0v) is 16.2. The van der Waals surface area contributed by atoms with Crippen molar-refractivity contribution in [1.82, 2.24) is 19.8 Å². The number of hydrogen-bond donors (Lipinski definition) is 2. The number of aromatic nitrogens is 2. The monoisotopic (exact) mass is 438 g/mol. The molecule has 0 saturated carbocycles. The first-order chi connectivity index (χ1) is 14.1. The smallest absolute Gasteiger partial charge is 0.343 e. The van der Waals surface area contributed by atoms with Gasteiger partial charge in [-0.05, 0) is 48.0 Å². The van der Waals surface area contributed by atoms with E-state index in [2.05, 4.69) is 9.82 Å². The molecule has 1 amide bonds. The summed E-state index contributed by atoms with van der Waals surface area (Å²) in [5.41, 5.74) is 1.47. The number of benzene rings is 2. The maximum absolute atomic E-state index is 12.4. The fourth-order valence-corrected chi connectivity index (χ4v) is 3.54. The first kappa shape index (κ1) is 21.5. The van der Waals surface area contributed by atoms with Gasteiger partial charge in [-0.15, -0.1) is 0 Å². The van der Waals surface area contributed by atoms with Crippen LogP contribution in [0.15, 0.2) is 71.9 Å². The number of halogens is 3. The fraction of sp³-hybridized carbons (Fsp3) is 0.158. The lowest BCUT2D eigenvalue weighted by atomic mass is 10.2. The van der Waals surface area contributed by atoms with Crippen molar-refractivity contribution in [2.45, 2.75) is 17.6 Å². The Balaban J connectivity index is 1.61. The van der Waals surface area contributed by atoms with E-state index < -0.39 is 28.7 Å². The number of carbonyl (C=O) groups excluding carboxylic acids is 1. The first-order valence-electron chi connectivity index (χ1n) is 8.68. The predicted octanol–water partition coefficient (Wildman–Crippen LogP) is 2.64. The Kier molecular flexibility index (Phi) is 6.22. The molecule has 2 aromatic carbocycles. The van der Waals surface area contributed by atoms with Crippen LogP contribution in [0, 0.1) is 0 Å². The van der Waals surface area contributed by atoms with Crippen molar-refractivity contribution in [2.24, 2.45) is 0 Å². The molecule has 30 heavy (non-hydrogen) atoms. The lowest BCUT2D eigenvalue weighted by molar-refractivity contribution is -0.123. The summed E-state index contributed by atoms with van der Waals surface area (Å²) >= 11 is 0. The number of amides is 1. The second-order valence-corrected chi connectivity index (χ2v) is 8.03. The Bertz CT molecular complexity index is 1100. The highest BCUT2D eigenvalue weighted by Crippen LogP contribution is 2.15. The van der Waals surface area contributed by atoms with Crippen LogP contribution in [-0.2, 0) is 16.6 Å². The van der Waals surface area contributed by atoms with E-state index in [0.717, 1.165) is 35.5 Å². The predicted molar refractivity (Wildman–Crippen MR) is 102 cm³/mol. The average molecular weight is 438 g/mol. The van der Waals surface area contributed by atoms with Crippen molar-refractivity contribution >= 4 is 15.9 Å². The normalized spacial score (nSPS) is 12.0. The van der Waals surface area contributed by atoms with Crippen LogP contribution >= 0.6 is 0 Å². The van der Waals surface area contributed by atoms with Crippen LogP contribution in [0.3, 0.4) is 0 Å². The molecular formula is C19H17F3N4O3S. The molecule has 2 N–H and O–H groups in total. The average Bonchev–Trinajstić information content (AvgIpc) is 3.25. The van der Waals surface area contributed by atoms with E-state index in [-0.39, 0.29) is 17.0 Å². The van der Waals surface area contributed by atoms with E-state index in [1.54, 1.807) is 52.7 Å². The molecule has 0 aliphatic rings. The molecule has 0 atom stereocenters. The van der Waals surface area contributed by atoms with Crippen LogP contribution in [0.2, 0.25) is 0 Å². The van der Waals surface area contributed by atoms with E-state index in [1.165, 1.54) is 0 Å². The van der Waals surface area contributed by atoms with Crippen molar-refractivity contribution in [1.29, 1.82) is 0 Å². The Morgan fingerprint density at radius 3 is 2.27 bits per heavy atom. The quantitative estimate of drug-likeness (QED) is 0.593. The molecule has 0 radical (unpaired) electrons. The van der Waals surface area contributed by atoms with Gasteiger partial charge in [0.1, 0.15) is 6.54 Å². The molecule has 1 heterocycles. The number of rotatable bonds is 7. The van der Waals surface area contributed by atoms with Crippen LogP contribution in [0.1, 0.15) is 15.9 Å². The van der Waals surface area contributed by atoms with Gasteiger partial charge in [-0.1, -0.05) is 12.1 Å². The van der Waals surface area contributed by atoms with Gasteiger partial charge >= 0.3 is 6.18 Å². The molecule has 158 valence electrons. The highest BCUT2D eigenvalue weighted by atomic mass is 32.2. The summed E-state index contributed by atoms with van der Waals surface area (Å²) < 4.78 is 65.4. The van der Waals surface area contributed by atoms with Gasteiger partial charge in [0.2, 0.25) is 10.0 Å². The van der Waals surface area contributed by atoms with Crippen LogP contribution in [0.4, 0.5) is 13.2 Å². The number of alkyl halides is 3. The summed E-state index contributed by atoms with van der Waals surface area (Å²) in [7, 11) is -3.87. The summed E-state index contributed by atoms with van der Waals surface area (Å²) in [6, 6.07) is 13.5. The SMILES string of the molecule is O=C(NCC(F)(F)F)c1ccc(S(=O)(=O)NCc2ccc(-n3cccn3)cc2)cc1. The van der Waals surface area contributed by atoms with Gasteiger partial charge < -0.3 is 5.32 Å². The summed E-state index contributed by atoms with van der Waals surface area (Å²) in [5, 5.41) is 5.83. The van der Waals surface area contributed by atoms with Crippen LogP contribution in [0.25, 0.3) is 5.69 Å². The van der Waals surface area contributed by atoms with Gasteiger partial charge in [0.05, 0.1) is 10.6 Å². The van der Waals surface area contributed by atoms with E-state index in [0.29, 0.717) is 0 Å². The van der Waals surface area contributed by atoms with E-state index in [4.69, 9.17) is 0 Å². The Morgan fingerprint density at radius 1 is 1.03 bits per heavy atom. The van der Waals surface area contributed by atoms with Crippen molar-refractivity contribution < 1.29 is 26.4 Å². The molecule has 3 rings (SSSR count). The van der Waals surface area contributed by atoms with Gasteiger partial charge in [0, 0.05) is 24.5 Å². The second-order valence-electron chi connectivity index (χ2n) is 6.26. The van der Waals surface area contributed by atoms with Crippen molar-refractivity contribution in [2.75, 3.05) is 6.54 Å². The molecule has 11 heteroatoms. The molecule has 3 aromatic rings. The zero-order valence-electron chi connectivity index (χ0n) is 15.4. The highest BCUT2D eigenvalue weighted by molar-refractivity contribution is 7.89. The van der Waals surface area contributed by atoms with Crippen LogP contribution in [0.5, 0.6) is 0 Å². The molecule has 0 spiro atoms. The van der Waals surface area contributed by atoms with Crippen molar-refractivity contribution in [3.8, 4) is 5.69 Å². The third-order valence-corrected chi connectivity index (χ3v) is 5.46. The minimum Gasteiger partial charge on any atom is -0.343 e. The Hall–Kier alpha value is -3.18. The maximum Gasteiger partial charge on any atom is 0.405 e. The molecular weight excluding hydrogens is 421 g/mol. The Labute approximate surface area is 170 Å². The summed E-state index contributed by atoms with van der Waals surface area (Å²) in [6.45, 7) is -1.43. The summed E-state index contributed by atoms with van der Waals surface area (Å²) in [6.07, 6.45) is -1.10. The van der Waals surface area contributed by atoms with Crippen molar-refractivity contribution in [3.05, 3.63) is 78.1 Å². The molecule has 1 aromatic heterocycles. The molecule has 0 bridgehead atoms. The molecule has 0 aliphatic heterocycles. The lowest BCUT2D eigenvalue weighted by Gasteiger charge is -2.10. The van der Waals surface area contributed by atoms with Crippen LogP contribution < -0.4 is 10.0 Å². The third-order valence-electron chi connectivity index (χ3n) is 4.05. The number of hydrogen-bond acceptors (Lipinski definition) is 4. The third kappa shape index (κ3) is 5.67. The van der Waals surface area contributed by atoms with Gasteiger partial charge in [0.15, 0.2) is 0 Å². The second kappa shape index (κ2) is 8.67. The van der Waals surface area contributed by atoms with Gasteiger partial charge in [0.25, 0.3) is 5.91 Å². The minimum atomic E-state index is -4.53. The zero-order chi connectivity index (χ0) is 21.8. The highest BCUT2D eigenvalue weighted by Gasteiger charge is 2.28. The first-order valence-corrected chi connectivity index (χ1v) is 10.2. The van der Waals surface area contributed by atoms with Gasteiger partial charge in [-0.25, -0.2) is 17.8 Å². The van der Waals surface area contributed by atoms with E-state index in [1.807, 2.05) is 0 Å². The number of sulfonamides is 1. The molecule has 7 nitrogen and oxygen atoms in total. The topological polar surface area (TPSA) is 93.1 Å². The van der Waals surface area contributed by atoms with E-state index >= 15 is 0 Å². The van der Waals surface area contributed by atoms with Crippen LogP contribution in [-0.4, -0.2) is 36.8 Å². The summed E-state index contributed by atoms with van der Waals surface area (Å²) in [5.74, 6) is -0.943. The fourth-order valence-electron chi connectivity index (χ4n) is 2.52. The molecule has 0 unspecified atom stereocenters. The molecule has 0 saturated heterocycles. The standard InChI is InChI=1S/C19H17F3N4O3S/c20-19(21,22)13-23-18(27)15-4-8-17(9-5-15)30(28,29)25-12-14-2-6-16(7-3-14)26-11-1-10-24-26/h1-11,25H,12-13H2,(H,23,27). The molecule has 0 aliphatic carbocycles. The number of nitrogens with zero attached hydrogens (tertiary/aromatic N) is 2. The largest absolute Gasteiger partial charge is 0.405 e. The Morgan fingerprint density at radius 2 is 1.70 bits per heavy atom.